The van der Waals surface area contributed by atoms with Crippen molar-refractivity contribution in [2.45, 2.75) is 24.9 Å². The first-order valence-corrected chi connectivity index (χ1v) is 8.30. The van der Waals surface area contributed by atoms with Crippen molar-refractivity contribution in [1.82, 2.24) is 4.90 Å². The Morgan fingerprint density at radius 1 is 0.846 bits per heavy atom. The highest BCUT2D eigenvalue weighted by molar-refractivity contribution is 6.33. The van der Waals surface area contributed by atoms with Gasteiger partial charge in [0.05, 0.1) is 14.1 Å². The quantitative estimate of drug-likeness (QED) is 0.264. The van der Waals surface area contributed by atoms with Crippen molar-refractivity contribution < 1.29 is 22.2 Å². The van der Waals surface area contributed by atoms with Gasteiger partial charge >= 0.3 is 7.54 Å². The molecule has 0 amide bonds. The average Bonchev–Trinajstić information content (AvgIpc) is 2.99. The van der Waals surface area contributed by atoms with Crippen LogP contribution in [0.2, 0.25) is 0 Å². The number of likely N-dealkylation sites (tertiary alicyclic amines) is 1. The summed E-state index contributed by atoms with van der Waals surface area (Å²) in [5.74, 6) is 0. The first-order chi connectivity index (χ1) is 12.0. The van der Waals surface area contributed by atoms with Crippen molar-refractivity contribution in [2.24, 2.45) is 0 Å². The maximum absolute atomic E-state index is 9.67. The first kappa shape index (κ1) is 21.7. The summed E-state index contributed by atoms with van der Waals surface area (Å²) in [5, 5.41) is 0. The fourth-order valence-corrected chi connectivity index (χ4v) is 3.29. The highest BCUT2D eigenvalue weighted by Crippen LogP contribution is 2.42. The molecule has 2 atom stereocenters. The number of halogens is 4. The van der Waals surface area contributed by atoms with Gasteiger partial charge in [0, 0.05) is 0 Å². The van der Waals surface area contributed by atoms with E-state index >= 15 is 0 Å². The van der Waals surface area contributed by atoms with Crippen molar-refractivity contribution in [2.75, 3.05) is 14.1 Å². The molecule has 3 rings (SSSR count). The molecule has 26 heavy (non-hydrogen) atoms. The predicted molar refractivity (Wildman–Crippen MR) is 96.7 cm³/mol. The van der Waals surface area contributed by atoms with E-state index in [2.05, 4.69) is 90.6 Å². The molecule has 0 radical (unpaired) electrons. The number of nitrogens with zero attached hydrogens (tertiary/aromatic N) is 2. The lowest BCUT2D eigenvalue weighted by Gasteiger charge is -2.23. The molecular formula is C19H23BF4N2. The third-order valence-corrected chi connectivity index (χ3v) is 4.17. The Hall–Kier alpha value is -2.31. The normalized spacial score (nSPS) is 18.3. The second-order valence-corrected chi connectivity index (χ2v) is 6.20. The Morgan fingerprint density at radius 2 is 1.19 bits per heavy atom. The number of rotatable bonds is 3. The summed E-state index contributed by atoms with van der Waals surface area (Å²) in [4.78, 5) is 2.52. The Labute approximate surface area is 152 Å². The third-order valence-electron chi connectivity index (χ3n) is 4.17. The van der Waals surface area contributed by atoms with Gasteiger partial charge in [0.2, 0.25) is 6.34 Å². The molecule has 1 saturated heterocycles. The van der Waals surface area contributed by atoms with E-state index < -0.39 is 7.54 Å². The fraction of sp³-hybridized carbons (Fsp3) is 0.316. The van der Waals surface area contributed by atoms with Crippen molar-refractivity contribution in [3.05, 3.63) is 71.8 Å². The van der Waals surface area contributed by atoms with Gasteiger partial charge < -0.3 is 4.70 Å². The lowest BCUT2D eigenvalue weighted by molar-refractivity contribution is -0.465. The summed E-state index contributed by atoms with van der Waals surface area (Å²) in [6.45, 7) is 0. The fourth-order valence-electron chi connectivity index (χ4n) is 3.29. The van der Waals surface area contributed by atoms with Gasteiger partial charge in [0.15, 0.2) is 0 Å². The summed E-state index contributed by atoms with van der Waals surface area (Å²) in [7, 11) is 0.533. The Balaban J connectivity index is 0.000000616. The van der Waals surface area contributed by atoms with Crippen molar-refractivity contribution in [1.29, 1.82) is 0 Å². The summed E-state index contributed by atoms with van der Waals surface area (Å²) in [6.07, 6.45) is 4.66. The van der Waals surface area contributed by atoms with E-state index in [1.165, 1.54) is 24.0 Å². The molecule has 1 aliphatic rings. The van der Waals surface area contributed by atoms with E-state index in [0.717, 1.165) is 0 Å². The number of hydrogen-bond acceptors (Lipinski definition) is 0. The zero-order chi connectivity index (χ0) is 18.2. The maximum atomic E-state index is 9.67. The summed E-state index contributed by atoms with van der Waals surface area (Å²) >= 11 is 0. The van der Waals surface area contributed by atoms with Gasteiger partial charge in [0.1, 0.15) is 12.1 Å². The van der Waals surface area contributed by atoms with Crippen LogP contribution in [0.15, 0.2) is 60.7 Å². The van der Waals surface area contributed by atoms with E-state index in [9.17, 15) is 12.9 Å². The van der Waals surface area contributed by atoms with Crippen LogP contribution in [-0.2, 0) is 0 Å². The second kappa shape index (κ2) is 10.6. The largest absolute Gasteiger partial charge is 1.00 e. The van der Waals surface area contributed by atoms with Gasteiger partial charge in [-0.3, -0.25) is 22.4 Å². The van der Waals surface area contributed by atoms with E-state index in [0.29, 0.717) is 12.1 Å². The molecule has 2 nitrogen and oxygen atoms in total. The third kappa shape index (κ3) is 6.21. The average molecular weight is 366 g/mol. The molecule has 1 aliphatic heterocycles. The standard InChI is InChI=1S/C19H23N2.BF3.FH/c1-20(2)15-21-18(16-9-5-3-6-10-16)13-14-19(21)17-11-7-4-8-12-17;2-1(3)4;/h3-12,15,18-19H,13-14H2,1-2H3;;1H/q+1;;/p-1/t18-,19-;;/m1../s1. The number of hydrogen-bond donors (Lipinski definition) is 0. The number of benzene rings is 2. The molecule has 0 aromatic heterocycles. The molecule has 0 N–H and O–H groups in total. The minimum atomic E-state index is -3.67. The van der Waals surface area contributed by atoms with Crippen molar-refractivity contribution in [3.8, 4) is 0 Å². The molecule has 7 heteroatoms. The second-order valence-electron chi connectivity index (χ2n) is 6.20. The monoisotopic (exact) mass is 366 g/mol. The van der Waals surface area contributed by atoms with Crippen LogP contribution in [0.4, 0.5) is 12.9 Å². The van der Waals surface area contributed by atoms with Gasteiger partial charge in [0.25, 0.3) is 0 Å². The Kier molecular flexibility index (Phi) is 8.89. The smallest absolute Gasteiger partial charge is 0.762 e. The van der Waals surface area contributed by atoms with Crippen LogP contribution in [0.1, 0.15) is 36.1 Å². The van der Waals surface area contributed by atoms with Gasteiger partial charge in [-0.1, -0.05) is 60.7 Å². The molecule has 1 heterocycles. The topological polar surface area (TPSA) is 6.25 Å². The zero-order valence-corrected chi connectivity index (χ0v) is 14.9. The van der Waals surface area contributed by atoms with Crippen LogP contribution in [-0.4, -0.2) is 37.5 Å². The summed E-state index contributed by atoms with van der Waals surface area (Å²) in [6, 6.07) is 22.7. The van der Waals surface area contributed by atoms with Crippen molar-refractivity contribution >= 4 is 13.9 Å². The lowest BCUT2D eigenvalue weighted by Crippen LogP contribution is -3.00. The SMILES string of the molecule is C[N+](C)=CN1[C@@H](c2ccccc2)CC[C@@H]1c1ccccc1.FB(F)F.[F-]. The van der Waals surface area contributed by atoms with Crippen LogP contribution < -0.4 is 4.70 Å². The van der Waals surface area contributed by atoms with Crippen LogP contribution in [0.3, 0.4) is 0 Å². The van der Waals surface area contributed by atoms with Gasteiger partial charge in [-0.25, -0.2) is 0 Å². The molecule has 0 unspecified atom stereocenters. The van der Waals surface area contributed by atoms with Crippen LogP contribution in [0.5, 0.6) is 0 Å². The molecule has 0 saturated carbocycles. The van der Waals surface area contributed by atoms with E-state index in [1.54, 1.807) is 0 Å². The molecule has 2 aromatic carbocycles. The molecule has 140 valence electrons. The highest BCUT2D eigenvalue weighted by Gasteiger charge is 2.39. The minimum Gasteiger partial charge on any atom is -1.00 e. The molecule has 2 aromatic rings. The molecule has 0 spiro atoms. The summed E-state index contributed by atoms with van der Waals surface area (Å²) in [5.41, 5.74) is 2.82. The van der Waals surface area contributed by atoms with Crippen LogP contribution in [0.25, 0.3) is 0 Å². The maximum Gasteiger partial charge on any atom is 0.762 e. The van der Waals surface area contributed by atoms with E-state index in [-0.39, 0.29) is 4.70 Å². The molecule has 0 aliphatic carbocycles. The van der Waals surface area contributed by atoms with Gasteiger partial charge in [-0.05, 0) is 24.0 Å². The molecular weight excluding hydrogens is 343 g/mol. The molecule has 0 bridgehead atoms. The Bertz CT molecular complexity index is 613. The van der Waals surface area contributed by atoms with Gasteiger partial charge in [-0.15, -0.1) is 0 Å². The predicted octanol–water partition coefficient (Wildman–Crippen LogP) is 1.75. The molecule has 1 fully saturated rings. The highest BCUT2D eigenvalue weighted by atomic mass is 19.4. The first-order valence-electron chi connectivity index (χ1n) is 8.30. The van der Waals surface area contributed by atoms with Crippen LogP contribution >= 0.6 is 0 Å². The lowest BCUT2D eigenvalue weighted by atomic mass is 10.0. The summed E-state index contributed by atoms with van der Waals surface area (Å²) < 4.78 is 31.2. The van der Waals surface area contributed by atoms with Gasteiger partial charge in [-0.2, -0.15) is 0 Å². The zero-order valence-electron chi connectivity index (χ0n) is 14.9. The van der Waals surface area contributed by atoms with E-state index in [1.807, 2.05) is 0 Å². The minimum absolute atomic E-state index is 0. The van der Waals surface area contributed by atoms with E-state index in [4.69, 9.17) is 0 Å². The van der Waals surface area contributed by atoms with Crippen LogP contribution in [0, 0.1) is 0 Å². The van der Waals surface area contributed by atoms with Crippen molar-refractivity contribution in [3.63, 3.8) is 0 Å². The Morgan fingerprint density at radius 3 is 1.50 bits per heavy atom.